The number of aryl methyl sites for hydroxylation is 1. The molecule has 1 atom stereocenters. The lowest BCUT2D eigenvalue weighted by Gasteiger charge is -2.29. The summed E-state index contributed by atoms with van der Waals surface area (Å²) in [5.41, 5.74) is 3.58. The second-order valence-electron chi connectivity index (χ2n) is 8.11. The number of rotatable bonds is 9. The number of allylic oxidation sites excluding steroid dienone is 1. The highest BCUT2D eigenvalue weighted by Crippen LogP contribution is 2.31. The van der Waals surface area contributed by atoms with E-state index in [1.165, 1.54) is 0 Å². The topological polar surface area (TPSA) is 85.9 Å². The van der Waals surface area contributed by atoms with Crippen molar-refractivity contribution in [2.75, 3.05) is 14.2 Å². The van der Waals surface area contributed by atoms with Crippen LogP contribution in [0.2, 0.25) is 0 Å². The molecule has 180 valence electrons. The minimum Gasteiger partial charge on any atom is -0.497 e. The van der Waals surface area contributed by atoms with Gasteiger partial charge in [0.25, 0.3) is 0 Å². The van der Waals surface area contributed by atoms with E-state index in [1.807, 2.05) is 78.9 Å². The van der Waals surface area contributed by atoms with Crippen LogP contribution in [0.25, 0.3) is 0 Å². The molecule has 2 amide bonds. The number of hydrogen-bond donors (Lipinski definition) is 2. The molecule has 0 bridgehead atoms. The Labute approximate surface area is 204 Å². The van der Waals surface area contributed by atoms with Gasteiger partial charge in [-0.1, -0.05) is 54.6 Å². The van der Waals surface area contributed by atoms with Gasteiger partial charge in [-0.05, 0) is 53.8 Å². The van der Waals surface area contributed by atoms with E-state index in [0.29, 0.717) is 29.9 Å². The van der Waals surface area contributed by atoms with Crippen molar-refractivity contribution in [1.29, 1.82) is 0 Å². The van der Waals surface area contributed by atoms with E-state index in [2.05, 4.69) is 10.6 Å². The summed E-state index contributed by atoms with van der Waals surface area (Å²) >= 11 is 0. The predicted octanol–water partition coefficient (Wildman–Crippen LogP) is 4.69. The molecule has 35 heavy (non-hydrogen) atoms. The molecule has 1 aliphatic rings. The first-order chi connectivity index (χ1) is 17.1. The van der Waals surface area contributed by atoms with Crippen LogP contribution in [0.1, 0.15) is 29.2 Å². The molecular weight excluding hydrogens is 444 g/mol. The SMILES string of the molecule is COc1ccc(CCC2=C(C(=O)OCc3ccccc3)C(c3cccc(OC)c3)NC(=O)N2)cc1. The molecule has 1 unspecified atom stereocenters. The van der Waals surface area contributed by atoms with Gasteiger partial charge in [-0.15, -0.1) is 0 Å². The van der Waals surface area contributed by atoms with Crippen LogP contribution in [-0.4, -0.2) is 26.2 Å². The highest BCUT2D eigenvalue weighted by atomic mass is 16.5. The molecule has 7 heteroatoms. The number of urea groups is 1. The Morgan fingerprint density at radius 3 is 2.29 bits per heavy atom. The van der Waals surface area contributed by atoms with Gasteiger partial charge in [-0.3, -0.25) is 0 Å². The van der Waals surface area contributed by atoms with Crippen LogP contribution in [0.5, 0.6) is 11.5 Å². The molecule has 2 N–H and O–H groups in total. The molecule has 3 aromatic carbocycles. The summed E-state index contributed by atoms with van der Waals surface area (Å²) in [5, 5.41) is 5.72. The highest BCUT2D eigenvalue weighted by Gasteiger charge is 2.33. The summed E-state index contributed by atoms with van der Waals surface area (Å²) in [5.74, 6) is 0.914. The Morgan fingerprint density at radius 2 is 1.57 bits per heavy atom. The standard InChI is InChI=1S/C28H28N2O5/c1-33-22-14-11-19(12-15-22)13-16-24-25(27(31)35-18-20-7-4-3-5-8-20)26(30-28(32)29-24)21-9-6-10-23(17-21)34-2/h3-12,14-15,17,26H,13,16,18H2,1-2H3,(H2,29,30,32). The highest BCUT2D eigenvalue weighted by molar-refractivity contribution is 5.95. The molecule has 0 radical (unpaired) electrons. The van der Waals surface area contributed by atoms with Crippen LogP contribution in [0.15, 0.2) is 90.1 Å². The van der Waals surface area contributed by atoms with Crippen molar-refractivity contribution in [3.05, 3.63) is 107 Å². The molecule has 7 nitrogen and oxygen atoms in total. The lowest BCUT2D eigenvalue weighted by Crippen LogP contribution is -2.46. The Balaban J connectivity index is 1.65. The summed E-state index contributed by atoms with van der Waals surface area (Å²) in [7, 11) is 3.20. The Morgan fingerprint density at radius 1 is 0.829 bits per heavy atom. The third-order valence-electron chi connectivity index (χ3n) is 5.84. The second kappa shape index (κ2) is 11.2. The van der Waals surface area contributed by atoms with Gasteiger partial charge in [0.2, 0.25) is 0 Å². The quantitative estimate of drug-likeness (QED) is 0.442. The minimum atomic E-state index is -0.673. The molecule has 0 saturated carbocycles. The van der Waals surface area contributed by atoms with Gasteiger partial charge in [-0.2, -0.15) is 0 Å². The first-order valence-electron chi connectivity index (χ1n) is 11.4. The molecule has 0 fully saturated rings. The fourth-order valence-electron chi connectivity index (χ4n) is 3.99. The summed E-state index contributed by atoms with van der Waals surface area (Å²) in [6, 6.07) is 23.4. The van der Waals surface area contributed by atoms with Gasteiger partial charge >= 0.3 is 12.0 Å². The van der Waals surface area contributed by atoms with Crippen LogP contribution in [-0.2, 0) is 22.6 Å². The van der Waals surface area contributed by atoms with Gasteiger partial charge in [0.15, 0.2) is 0 Å². The molecule has 0 aromatic heterocycles. The zero-order valence-electron chi connectivity index (χ0n) is 19.7. The van der Waals surface area contributed by atoms with E-state index in [0.717, 1.165) is 22.4 Å². The van der Waals surface area contributed by atoms with E-state index in [9.17, 15) is 9.59 Å². The number of carbonyl (C=O) groups is 2. The van der Waals surface area contributed by atoms with E-state index in [4.69, 9.17) is 14.2 Å². The molecule has 0 saturated heterocycles. The third kappa shape index (κ3) is 6.00. The van der Waals surface area contributed by atoms with Gasteiger partial charge in [0, 0.05) is 5.70 Å². The number of ether oxygens (including phenoxy) is 3. The van der Waals surface area contributed by atoms with E-state index >= 15 is 0 Å². The van der Waals surface area contributed by atoms with E-state index < -0.39 is 12.0 Å². The van der Waals surface area contributed by atoms with Crippen LogP contribution < -0.4 is 20.1 Å². The van der Waals surface area contributed by atoms with E-state index in [-0.39, 0.29) is 12.6 Å². The Kier molecular flexibility index (Phi) is 7.67. The summed E-state index contributed by atoms with van der Waals surface area (Å²) < 4.78 is 16.3. The summed E-state index contributed by atoms with van der Waals surface area (Å²) in [4.78, 5) is 26.0. The van der Waals surface area contributed by atoms with Crippen molar-refractivity contribution in [2.45, 2.75) is 25.5 Å². The molecule has 3 aromatic rings. The smallest absolute Gasteiger partial charge is 0.338 e. The fourth-order valence-corrected chi connectivity index (χ4v) is 3.99. The van der Waals surface area contributed by atoms with Crippen molar-refractivity contribution < 1.29 is 23.8 Å². The summed E-state index contributed by atoms with van der Waals surface area (Å²) in [6.07, 6.45) is 1.08. The fraction of sp³-hybridized carbons (Fsp3) is 0.214. The van der Waals surface area contributed by atoms with Crippen LogP contribution in [0, 0.1) is 0 Å². The van der Waals surface area contributed by atoms with Crippen LogP contribution >= 0.6 is 0 Å². The minimum absolute atomic E-state index is 0.133. The molecular formula is C28H28N2O5. The summed E-state index contributed by atoms with van der Waals surface area (Å²) in [6.45, 7) is 0.133. The zero-order valence-corrected chi connectivity index (χ0v) is 19.7. The van der Waals surface area contributed by atoms with E-state index in [1.54, 1.807) is 14.2 Å². The van der Waals surface area contributed by atoms with Crippen molar-refractivity contribution in [1.82, 2.24) is 10.6 Å². The van der Waals surface area contributed by atoms with Crippen LogP contribution in [0.3, 0.4) is 0 Å². The lowest BCUT2D eigenvalue weighted by molar-refractivity contribution is -0.140. The van der Waals surface area contributed by atoms with Crippen LogP contribution in [0.4, 0.5) is 4.79 Å². The van der Waals surface area contributed by atoms with Gasteiger partial charge in [0.1, 0.15) is 18.1 Å². The predicted molar refractivity (Wildman–Crippen MR) is 132 cm³/mol. The van der Waals surface area contributed by atoms with Gasteiger partial charge in [0.05, 0.1) is 25.8 Å². The molecule has 0 aliphatic carbocycles. The molecule has 1 heterocycles. The maximum absolute atomic E-state index is 13.4. The average molecular weight is 473 g/mol. The number of amides is 2. The number of hydrogen-bond acceptors (Lipinski definition) is 5. The number of methoxy groups -OCH3 is 2. The third-order valence-corrected chi connectivity index (χ3v) is 5.84. The van der Waals surface area contributed by atoms with Gasteiger partial charge in [-0.25, -0.2) is 9.59 Å². The molecule has 0 spiro atoms. The molecule has 1 aliphatic heterocycles. The zero-order chi connectivity index (χ0) is 24.6. The Bertz CT molecular complexity index is 1210. The first-order valence-corrected chi connectivity index (χ1v) is 11.4. The largest absolute Gasteiger partial charge is 0.497 e. The van der Waals surface area contributed by atoms with Crippen molar-refractivity contribution in [2.24, 2.45) is 0 Å². The normalized spacial score (nSPS) is 15.1. The second-order valence-corrected chi connectivity index (χ2v) is 8.11. The van der Waals surface area contributed by atoms with Crippen molar-refractivity contribution in [3.8, 4) is 11.5 Å². The van der Waals surface area contributed by atoms with Crippen molar-refractivity contribution in [3.63, 3.8) is 0 Å². The number of carbonyl (C=O) groups excluding carboxylic acids is 2. The number of benzene rings is 3. The monoisotopic (exact) mass is 472 g/mol. The van der Waals surface area contributed by atoms with Gasteiger partial charge < -0.3 is 24.8 Å². The number of esters is 1. The Hall–Kier alpha value is -4.26. The first kappa shape index (κ1) is 23.9. The maximum Gasteiger partial charge on any atom is 0.338 e. The molecule has 4 rings (SSSR count). The number of nitrogens with one attached hydrogen (secondary N) is 2. The van der Waals surface area contributed by atoms with Crippen molar-refractivity contribution >= 4 is 12.0 Å². The maximum atomic E-state index is 13.4. The average Bonchev–Trinajstić information content (AvgIpc) is 2.91. The lowest BCUT2D eigenvalue weighted by atomic mass is 9.93.